The van der Waals surface area contributed by atoms with Gasteiger partial charge in [-0.25, -0.2) is 0 Å². The normalized spacial score (nSPS) is 35.3. The third-order valence-corrected chi connectivity index (χ3v) is 3.89. The lowest BCUT2D eigenvalue weighted by atomic mass is 10.2. The van der Waals surface area contributed by atoms with Gasteiger partial charge in [0.05, 0.1) is 4.48 Å². The topological polar surface area (TPSA) is 26.3 Å². The maximum absolute atomic E-state index is 11.3. The largest absolute Gasteiger partial charge is 0.353 e. The average molecular weight is 280 g/mol. The molecular formula is C7H4Br2O2. The van der Waals surface area contributed by atoms with Crippen molar-refractivity contribution >= 4 is 37.6 Å². The molecule has 0 spiro atoms. The van der Waals surface area contributed by atoms with Crippen LogP contribution < -0.4 is 0 Å². The van der Waals surface area contributed by atoms with E-state index in [4.69, 9.17) is 4.74 Å². The van der Waals surface area contributed by atoms with E-state index in [0.717, 1.165) is 4.48 Å². The summed E-state index contributed by atoms with van der Waals surface area (Å²) in [5, 5.41) is 0. The van der Waals surface area contributed by atoms with Crippen LogP contribution in [0.25, 0.3) is 0 Å². The average Bonchev–Trinajstić information content (AvgIpc) is 2.44. The highest BCUT2D eigenvalue weighted by Gasteiger charge is 2.35. The molecule has 0 aromatic rings. The van der Waals surface area contributed by atoms with E-state index in [0.29, 0.717) is 4.48 Å². The number of halogens is 2. The van der Waals surface area contributed by atoms with E-state index in [2.05, 4.69) is 31.9 Å². The summed E-state index contributed by atoms with van der Waals surface area (Å²) in [4.78, 5) is 11.3. The van der Waals surface area contributed by atoms with Crippen molar-refractivity contribution in [3.05, 3.63) is 21.1 Å². The lowest BCUT2D eigenvalue weighted by Crippen LogP contribution is -2.28. The van der Waals surface area contributed by atoms with E-state index in [1.165, 1.54) is 0 Å². The smallest absolute Gasteiger partial charge is 0.203 e. The Balaban J connectivity index is 2.49. The first-order chi connectivity index (χ1) is 5.20. The quantitative estimate of drug-likeness (QED) is 0.633. The summed E-state index contributed by atoms with van der Waals surface area (Å²) in [5.41, 5.74) is 0. The highest BCUT2D eigenvalue weighted by atomic mass is 79.9. The zero-order valence-electron chi connectivity index (χ0n) is 5.38. The summed E-state index contributed by atoms with van der Waals surface area (Å²) in [7, 11) is 0. The Kier molecular flexibility index (Phi) is 1.78. The number of fused-ring (bicyclic) bond motifs is 2. The Morgan fingerprint density at radius 3 is 2.64 bits per heavy atom. The summed E-state index contributed by atoms with van der Waals surface area (Å²) in [6, 6.07) is 0. The second-order valence-corrected chi connectivity index (χ2v) is 4.04. The van der Waals surface area contributed by atoms with Gasteiger partial charge in [-0.1, -0.05) is 22.0 Å². The van der Waals surface area contributed by atoms with Crippen molar-refractivity contribution in [2.75, 3.05) is 0 Å². The Hall–Kier alpha value is 0.0700. The van der Waals surface area contributed by atoms with Crippen LogP contribution in [-0.4, -0.2) is 18.0 Å². The molecule has 2 heterocycles. The van der Waals surface area contributed by atoms with Crippen LogP contribution in [0, 0.1) is 0 Å². The number of hydrogen-bond acceptors (Lipinski definition) is 2. The summed E-state index contributed by atoms with van der Waals surface area (Å²) in [6.45, 7) is 0. The van der Waals surface area contributed by atoms with Crippen molar-refractivity contribution in [2.24, 2.45) is 0 Å². The van der Waals surface area contributed by atoms with Crippen LogP contribution in [0.2, 0.25) is 0 Å². The van der Waals surface area contributed by atoms with Gasteiger partial charge in [-0.15, -0.1) is 0 Å². The maximum atomic E-state index is 11.3. The molecule has 2 atom stereocenters. The van der Waals surface area contributed by atoms with Gasteiger partial charge in [0.15, 0.2) is 0 Å². The predicted octanol–water partition coefficient (Wildman–Crippen LogP) is 1.89. The van der Waals surface area contributed by atoms with Crippen molar-refractivity contribution < 1.29 is 9.53 Å². The van der Waals surface area contributed by atoms with Gasteiger partial charge in [0.1, 0.15) is 12.2 Å². The fourth-order valence-corrected chi connectivity index (χ4v) is 2.02. The number of carbonyl (C=O) groups is 1. The van der Waals surface area contributed by atoms with E-state index in [9.17, 15) is 4.79 Å². The molecule has 0 aliphatic carbocycles. The third-order valence-electron chi connectivity index (χ3n) is 1.69. The van der Waals surface area contributed by atoms with Crippen LogP contribution in [0.3, 0.4) is 0 Å². The lowest BCUT2D eigenvalue weighted by molar-refractivity contribution is -0.124. The fraction of sp³-hybridized carbons (Fsp3) is 0.286. The molecule has 11 heavy (non-hydrogen) atoms. The van der Waals surface area contributed by atoms with Gasteiger partial charge in [-0.3, -0.25) is 4.79 Å². The van der Waals surface area contributed by atoms with E-state index in [1.54, 1.807) is 6.08 Å². The third kappa shape index (κ3) is 1.04. The lowest BCUT2D eigenvalue weighted by Gasteiger charge is -2.19. The van der Waals surface area contributed by atoms with Gasteiger partial charge < -0.3 is 4.74 Å². The molecule has 2 aliphatic heterocycles. The number of ketones is 1. The van der Waals surface area contributed by atoms with E-state index in [1.807, 2.05) is 6.08 Å². The molecule has 4 heteroatoms. The molecular weight excluding hydrogens is 276 g/mol. The first-order valence-corrected chi connectivity index (χ1v) is 4.72. The fourth-order valence-electron chi connectivity index (χ4n) is 1.11. The van der Waals surface area contributed by atoms with Crippen molar-refractivity contribution in [3.63, 3.8) is 0 Å². The summed E-state index contributed by atoms with van der Waals surface area (Å²) in [5.74, 6) is -0.0122. The monoisotopic (exact) mass is 278 g/mol. The van der Waals surface area contributed by atoms with Gasteiger partial charge in [0.25, 0.3) is 0 Å². The number of carbonyl (C=O) groups excluding carboxylic acids is 1. The van der Waals surface area contributed by atoms with Gasteiger partial charge in [-0.05, 0) is 22.0 Å². The molecule has 0 unspecified atom stereocenters. The minimum Gasteiger partial charge on any atom is -0.353 e. The van der Waals surface area contributed by atoms with E-state index in [-0.39, 0.29) is 18.0 Å². The Bertz CT molecular complexity index is 280. The predicted molar refractivity (Wildman–Crippen MR) is 47.7 cm³/mol. The molecule has 2 nitrogen and oxygen atoms in total. The van der Waals surface area contributed by atoms with Crippen LogP contribution >= 0.6 is 31.9 Å². The number of Topliss-reactive ketones (excluding diaryl/α,β-unsaturated/α-hetero) is 1. The SMILES string of the molecule is O=C1C(Br)=C(Br)[C@H]2C=C[C@@H]1O2. The zero-order valence-corrected chi connectivity index (χ0v) is 8.55. The molecule has 0 N–H and O–H groups in total. The molecule has 0 fully saturated rings. The molecule has 0 aromatic carbocycles. The van der Waals surface area contributed by atoms with Crippen LogP contribution in [0.15, 0.2) is 21.1 Å². The highest BCUT2D eigenvalue weighted by molar-refractivity contribution is 9.14. The highest BCUT2D eigenvalue weighted by Crippen LogP contribution is 2.35. The standard InChI is InChI=1S/C7H4Br2O2/c8-5-3-1-2-4(11-3)7(10)6(5)9/h1-4H/t3-,4+/m1/s1. The van der Waals surface area contributed by atoms with Crippen LogP contribution in [0.1, 0.15) is 0 Å². The summed E-state index contributed by atoms with van der Waals surface area (Å²) >= 11 is 6.49. The number of hydrogen-bond donors (Lipinski definition) is 0. The first kappa shape index (κ1) is 7.71. The van der Waals surface area contributed by atoms with Gasteiger partial charge in [0, 0.05) is 4.48 Å². The Morgan fingerprint density at radius 2 is 1.91 bits per heavy atom. The summed E-state index contributed by atoms with van der Waals surface area (Å²) < 4.78 is 6.68. The second kappa shape index (κ2) is 2.54. The first-order valence-electron chi connectivity index (χ1n) is 3.13. The molecule has 0 saturated heterocycles. The van der Waals surface area contributed by atoms with E-state index >= 15 is 0 Å². The van der Waals surface area contributed by atoms with Crippen molar-refractivity contribution in [1.29, 1.82) is 0 Å². The molecule has 0 amide bonds. The molecule has 2 aliphatic rings. The van der Waals surface area contributed by atoms with Crippen molar-refractivity contribution in [2.45, 2.75) is 12.2 Å². The molecule has 2 rings (SSSR count). The van der Waals surface area contributed by atoms with Gasteiger partial charge in [-0.2, -0.15) is 0 Å². The Morgan fingerprint density at radius 1 is 1.27 bits per heavy atom. The summed E-state index contributed by atoms with van der Waals surface area (Å²) in [6.07, 6.45) is 3.23. The van der Waals surface area contributed by atoms with Crippen LogP contribution in [0.4, 0.5) is 0 Å². The van der Waals surface area contributed by atoms with E-state index < -0.39 is 0 Å². The molecule has 0 radical (unpaired) electrons. The molecule has 0 saturated carbocycles. The van der Waals surface area contributed by atoms with Crippen molar-refractivity contribution in [3.8, 4) is 0 Å². The number of rotatable bonds is 0. The zero-order chi connectivity index (χ0) is 8.01. The maximum Gasteiger partial charge on any atom is 0.203 e. The Labute approximate surface area is 80.5 Å². The van der Waals surface area contributed by atoms with Crippen LogP contribution in [-0.2, 0) is 9.53 Å². The minimum atomic E-state index is -0.365. The van der Waals surface area contributed by atoms with Crippen LogP contribution in [0.5, 0.6) is 0 Å². The molecule has 58 valence electrons. The van der Waals surface area contributed by atoms with Gasteiger partial charge >= 0.3 is 0 Å². The minimum absolute atomic E-state index is 0.0122. The number of ether oxygens (including phenoxy) is 1. The second-order valence-electron chi connectivity index (χ2n) is 2.39. The van der Waals surface area contributed by atoms with Crippen molar-refractivity contribution in [1.82, 2.24) is 0 Å². The molecule has 2 bridgehead atoms. The molecule has 0 aromatic heterocycles. The van der Waals surface area contributed by atoms with Gasteiger partial charge in [0.2, 0.25) is 5.78 Å².